The van der Waals surface area contributed by atoms with E-state index in [0.29, 0.717) is 17.9 Å². The summed E-state index contributed by atoms with van der Waals surface area (Å²) in [5.41, 5.74) is 2.37. The lowest BCUT2D eigenvalue weighted by Crippen LogP contribution is -1.96. The maximum atomic E-state index is 10.0. The van der Waals surface area contributed by atoms with Crippen LogP contribution in [0, 0.1) is 11.3 Å². The molecule has 2 N–H and O–H groups in total. The lowest BCUT2D eigenvalue weighted by atomic mass is 10.0. The first kappa shape index (κ1) is 12.0. The molecule has 2 aromatic rings. The summed E-state index contributed by atoms with van der Waals surface area (Å²) in [7, 11) is 0. The molecule has 1 unspecified atom stereocenters. The molecule has 0 saturated carbocycles. The third-order valence-corrected chi connectivity index (χ3v) is 3.08. The number of aliphatic hydroxyl groups is 1. The quantitative estimate of drug-likeness (QED) is 0.817. The van der Waals surface area contributed by atoms with Crippen molar-refractivity contribution in [2.24, 2.45) is 0 Å². The van der Waals surface area contributed by atoms with Crippen LogP contribution in [0.5, 0.6) is 0 Å². The first-order valence-electron chi connectivity index (χ1n) is 5.51. The second-order valence-electron chi connectivity index (χ2n) is 3.96. The van der Waals surface area contributed by atoms with Crippen LogP contribution >= 0.6 is 11.6 Å². The van der Waals surface area contributed by atoms with Gasteiger partial charge in [-0.15, -0.1) is 11.6 Å². The zero-order valence-corrected chi connectivity index (χ0v) is 10.0. The third kappa shape index (κ3) is 2.44. The van der Waals surface area contributed by atoms with Gasteiger partial charge in [-0.3, -0.25) is 0 Å². The van der Waals surface area contributed by atoms with E-state index in [4.69, 9.17) is 16.9 Å². The Morgan fingerprint density at radius 3 is 3.00 bits per heavy atom. The highest BCUT2D eigenvalue weighted by Crippen LogP contribution is 2.27. The van der Waals surface area contributed by atoms with Gasteiger partial charge in [0.15, 0.2) is 0 Å². The van der Waals surface area contributed by atoms with Gasteiger partial charge in [0, 0.05) is 28.5 Å². The van der Waals surface area contributed by atoms with Crippen LogP contribution in [0.15, 0.2) is 24.4 Å². The summed E-state index contributed by atoms with van der Waals surface area (Å²) < 4.78 is 0. The highest BCUT2D eigenvalue weighted by Gasteiger charge is 2.12. The van der Waals surface area contributed by atoms with Gasteiger partial charge in [-0.25, -0.2) is 0 Å². The number of nitrogens with one attached hydrogen (secondary N) is 1. The summed E-state index contributed by atoms with van der Waals surface area (Å²) in [5, 5.41) is 19.8. The molecule has 88 valence electrons. The van der Waals surface area contributed by atoms with Crippen molar-refractivity contribution in [1.29, 1.82) is 5.26 Å². The second-order valence-corrected chi connectivity index (χ2v) is 4.34. The summed E-state index contributed by atoms with van der Waals surface area (Å²) >= 11 is 5.61. The topological polar surface area (TPSA) is 59.8 Å². The Balaban J connectivity index is 2.37. The van der Waals surface area contributed by atoms with Gasteiger partial charge >= 0.3 is 0 Å². The number of hydrogen-bond donors (Lipinski definition) is 2. The van der Waals surface area contributed by atoms with E-state index in [1.165, 1.54) is 0 Å². The van der Waals surface area contributed by atoms with E-state index in [2.05, 4.69) is 11.1 Å². The van der Waals surface area contributed by atoms with Crippen molar-refractivity contribution < 1.29 is 5.11 Å². The summed E-state index contributed by atoms with van der Waals surface area (Å²) in [6, 6.07) is 7.51. The molecule has 1 atom stereocenters. The second kappa shape index (κ2) is 5.22. The van der Waals surface area contributed by atoms with E-state index in [1.54, 1.807) is 18.3 Å². The number of benzene rings is 1. The number of alkyl halides is 1. The average molecular weight is 249 g/mol. The maximum absolute atomic E-state index is 10.0. The molecule has 0 fully saturated rings. The van der Waals surface area contributed by atoms with Gasteiger partial charge in [0.1, 0.15) is 0 Å². The van der Waals surface area contributed by atoms with Crippen molar-refractivity contribution in [1.82, 2.24) is 4.98 Å². The molecule has 17 heavy (non-hydrogen) atoms. The van der Waals surface area contributed by atoms with E-state index >= 15 is 0 Å². The number of hydrogen-bond acceptors (Lipinski definition) is 2. The molecule has 4 heteroatoms. The van der Waals surface area contributed by atoms with Crippen molar-refractivity contribution in [3.05, 3.63) is 35.5 Å². The van der Waals surface area contributed by atoms with E-state index in [-0.39, 0.29) is 0 Å². The van der Waals surface area contributed by atoms with E-state index in [1.807, 2.05) is 6.07 Å². The molecule has 1 aromatic carbocycles. The number of aromatic nitrogens is 1. The van der Waals surface area contributed by atoms with Crippen molar-refractivity contribution in [3.63, 3.8) is 0 Å². The largest absolute Gasteiger partial charge is 0.388 e. The smallest absolute Gasteiger partial charge is 0.0991 e. The molecule has 0 amide bonds. The molecular formula is C13H13ClN2O. The minimum atomic E-state index is -0.531. The maximum Gasteiger partial charge on any atom is 0.0991 e. The summed E-state index contributed by atoms with van der Waals surface area (Å²) in [4.78, 5) is 3.09. The Kier molecular flexibility index (Phi) is 3.68. The number of nitriles is 1. The average Bonchev–Trinajstić information content (AvgIpc) is 2.78. The Labute approximate surface area is 105 Å². The summed E-state index contributed by atoms with van der Waals surface area (Å²) in [6.45, 7) is 0. The first-order valence-corrected chi connectivity index (χ1v) is 6.05. The number of halogens is 1. The summed E-state index contributed by atoms with van der Waals surface area (Å²) in [5.74, 6) is 0.545. The van der Waals surface area contributed by atoms with Crippen molar-refractivity contribution in [2.45, 2.75) is 18.9 Å². The molecule has 2 rings (SSSR count). The number of nitrogens with zero attached hydrogens (tertiary/aromatic N) is 1. The van der Waals surface area contributed by atoms with Crippen LogP contribution in [0.25, 0.3) is 10.9 Å². The van der Waals surface area contributed by atoms with Crippen LogP contribution in [0.4, 0.5) is 0 Å². The van der Waals surface area contributed by atoms with Crippen LogP contribution < -0.4 is 0 Å². The van der Waals surface area contributed by atoms with Crippen molar-refractivity contribution in [2.75, 3.05) is 5.88 Å². The Morgan fingerprint density at radius 1 is 1.47 bits per heavy atom. The molecular weight excluding hydrogens is 236 g/mol. The summed E-state index contributed by atoms with van der Waals surface area (Å²) in [6.07, 6.45) is 2.67. The standard InChI is InChI=1S/C13H13ClN2O/c14-5-1-2-13(17)11-8-16-12-4-3-9(7-15)6-10(11)12/h3-4,6,8,13,16-17H,1-2,5H2. The molecule has 3 nitrogen and oxygen atoms in total. The van der Waals surface area contributed by atoms with E-state index in [0.717, 1.165) is 22.9 Å². The zero-order valence-electron chi connectivity index (χ0n) is 9.28. The highest BCUT2D eigenvalue weighted by molar-refractivity contribution is 6.17. The predicted molar refractivity (Wildman–Crippen MR) is 67.9 cm³/mol. The molecule has 0 aliphatic carbocycles. The van der Waals surface area contributed by atoms with Gasteiger partial charge in [0.25, 0.3) is 0 Å². The molecule has 0 saturated heterocycles. The van der Waals surface area contributed by atoms with Gasteiger partial charge in [0.2, 0.25) is 0 Å². The van der Waals surface area contributed by atoms with Crippen LogP contribution in [0.2, 0.25) is 0 Å². The number of aliphatic hydroxyl groups excluding tert-OH is 1. The Hall–Kier alpha value is -1.50. The van der Waals surface area contributed by atoms with Gasteiger partial charge in [-0.2, -0.15) is 5.26 Å². The normalized spacial score (nSPS) is 12.5. The molecule has 0 radical (unpaired) electrons. The highest BCUT2D eigenvalue weighted by atomic mass is 35.5. The van der Waals surface area contributed by atoms with Gasteiger partial charge in [-0.1, -0.05) is 0 Å². The Bertz CT molecular complexity index is 556. The van der Waals surface area contributed by atoms with Gasteiger partial charge in [0.05, 0.1) is 17.7 Å². The predicted octanol–water partition coefficient (Wildman–Crippen LogP) is 3.09. The fraction of sp³-hybridized carbons (Fsp3) is 0.308. The number of fused-ring (bicyclic) bond motifs is 1. The molecule has 0 bridgehead atoms. The zero-order chi connectivity index (χ0) is 12.3. The molecule has 1 aromatic heterocycles. The monoisotopic (exact) mass is 248 g/mol. The molecule has 0 spiro atoms. The van der Waals surface area contributed by atoms with Crippen LogP contribution in [0.1, 0.15) is 30.1 Å². The fourth-order valence-corrected chi connectivity index (χ4v) is 2.07. The third-order valence-electron chi connectivity index (χ3n) is 2.81. The minimum Gasteiger partial charge on any atom is -0.388 e. The van der Waals surface area contributed by atoms with Crippen LogP contribution in [-0.2, 0) is 0 Å². The number of rotatable bonds is 4. The lowest BCUT2D eigenvalue weighted by Gasteiger charge is -2.08. The number of aromatic amines is 1. The molecule has 0 aliphatic heterocycles. The minimum absolute atomic E-state index is 0.531. The van der Waals surface area contributed by atoms with Gasteiger partial charge < -0.3 is 10.1 Å². The first-order chi connectivity index (χ1) is 8.26. The fourth-order valence-electron chi connectivity index (χ4n) is 1.91. The van der Waals surface area contributed by atoms with E-state index in [9.17, 15) is 5.11 Å². The van der Waals surface area contributed by atoms with Crippen molar-refractivity contribution >= 4 is 22.5 Å². The molecule has 0 aliphatic rings. The number of H-pyrrole nitrogens is 1. The van der Waals surface area contributed by atoms with Crippen LogP contribution in [0.3, 0.4) is 0 Å². The van der Waals surface area contributed by atoms with E-state index < -0.39 is 6.10 Å². The Morgan fingerprint density at radius 2 is 2.29 bits per heavy atom. The van der Waals surface area contributed by atoms with Crippen LogP contribution in [-0.4, -0.2) is 16.0 Å². The molecule has 1 heterocycles. The van der Waals surface area contributed by atoms with Gasteiger partial charge in [-0.05, 0) is 31.0 Å². The lowest BCUT2D eigenvalue weighted by molar-refractivity contribution is 0.168. The SMILES string of the molecule is N#Cc1ccc2[nH]cc(C(O)CCCCl)c2c1. The van der Waals surface area contributed by atoms with Crippen molar-refractivity contribution in [3.8, 4) is 6.07 Å².